The molecule has 0 aromatic heterocycles. The Labute approximate surface area is 155 Å². The van der Waals surface area contributed by atoms with Gasteiger partial charge in [-0.1, -0.05) is 31.2 Å². The van der Waals surface area contributed by atoms with Gasteiger partial charge in [0, 0.05) is 0 Å². The van der Waals surface area contributed by atoms with Crippen LogP contribution in [0, 0.1) is 16.7 Å². The van der Waals surface area contributed by atoms with Gasteiger partial charge in [0.25, 0.3) is 0 Å². The third kappa shape index (κ3) is 3.36. The Kier molecular flexibility index (Phi) is 5.64. The molecule has 5 nitrogen and oxygen atoms in total. The number of hydrogen-bond donors (Lipinski definition) is 1. The molecule has 1 aromatic rings. The minimum Gasteiger partial charge on any atom is -0.469 e. The largest absolute Gasteiger partial charge is 0.469 e. The van der Waals surface area contributed by atoms with Crippen LogP contribution in [0.3, 0.4) is 0 Å². The van der Waals surface area contributed by atoms with Crippen LogP contribution in [0.1, 0.15) is 50.2 Å². The topological polar surface area (TPSA) is 71.3 Å². The lowest BCUT2D eigenvalue weighted by atomic mass is 9.65. The molecule has 1 saturated carbocycles. The number of nitriles is 1. The number of piperidine rings is 1. The number of carbonyl (C=O) groups is 1. The van der Waals surface area contributed by atoms with Crippen LogP contribution in [0.15, 0.2) is 24.3 Å². The number of methoxy groups -OCH3 is 1. The van der Waals surface area contributed by atoms with Gasteiger partial charge in [0.15, 0.2) is 0 Å². The Morgan fingerprint density at radius 2 is 2.00 bits per heavy atom. The molecule has 0 bridgehead atoms. The van der Waals surface area contributed by atoms with Crippen LogP contribution in [0.25, 0.3) is 0 Å². The Hall–Kier alpha value is -1.90. The van der Waals surface area contributed by atoms with Crippen molar-refractivity contribution in [2.24, 2.45) is 5.41 Å². The normalized spacial score (nSPS) is 27.2. The van der Waals surface area contributed by atoms with Gasteiger partial charge < -0.3 is 14.8 Å². The second-order valence-electron chi connectivity index (χ2n) is 7.57. The summed E-state index contributed by atoms with van der Waals surface area (Å²) in [4.78, 5) is 12.0. The average molecular weight is 356 g/mol. The predicted molar refractivity (Wildman–Crippen MR) is 98.4 cm³/mol. The molecule has 0 radical (unpaired) electrons. The summed E-state index contributed by atoms with van der Waals surface area (Å²) in [7, 11) is 1.45. The molecule has 3 rings (SSSR count). The third-order valence-electron chi connectivity index (χ3n) is 6.21. The molecule has 1 heterocycles. The van der Waals surface area contributed by atoms with Crippen LogP contribution < -0.4 is 5.32 Å². The molecule has 5 heteroatoms. The quantitative estimate of drug-likeness (QED) is 0.793. The third-order valence-corrected chi connectivity index (χ3v) is 6.21. The lowest BCUT2D eigenvalue weighted by Gasteiger charge is -2.44. The molecule has 0 unspecified atom stereocenters. The molecule has 140 valence electrons. The first kappa shape index (κ1) is 18.9. The molecule has 2 aliphatic rings. The fraction of sp³-hybridized carbons (Fsp3) is 0.619. The molecule has 2 fully saturated rings. The van der Waals surface area contributed by atoms with Crippen LogP contribution in [0.5, 0.6) is 0 Å². The first-order chi connectivity index (χ1) is 12.6. The van der Waals surface area contributed by atoms with Gasteiger partial charge in [0.05, 0.1) is 36.7 Å². The Morgan fingerprint density at radius 1 is 1.31 bits per heavy atom. The van der Waals surface area contributed by atoms with Crippen molar-refractivity contribution in [3.63, 3.8) is 0 Å². The average Bonchev–Trinajstić information content (AvgIpc) is 2.67. The molecule has 0 amide bonds. The molecule has 1 aliphatic heterocycles. The van der Waals surface area contributed by atoms with E-state index in [0.717, 1.165) is 43.5 Å². The zero-order chi connectivity index (χ0) is 18.6. The summed E-state index contributed by atoms with van der Waals surface area (Å²) in [6.45, 7) is 4.24. The van der Waals surface area contributed by atoms with Crippen molar-refractivity contribution in [2.75, 3.05) is 20.2 Å². The monoisotopic (exact) mass is 356 g/mol. The van der Waals surface area contributed by atoms with E-state index in [-0.39, 0.29) is 17.5 Å². The van der Waals surface area contributed by atoms with Gasteiger partial charge >= 0.3 is 5.97 Å². The van der Waals surface area contributed by atoms with Crippen LogP contribution in [-0.4, -0.2) is 32.3 Å². The summed E-state index contributed by atoms with van der Waals surface area (Å²) in [5.41, 5.74) is 1.38. The molecule has 1 saturated heterocycles. The van der Waals surface area contributed by atoms with E-state index < -0.39 is 5.41 Å². The summed E-state index contributed by atoms with van der Waals surface area (Å²) in [6, 6.07) is 10.7. The van der Waals surface area contributed by atoms with Crippen molar-refractivity contribution in [2.45, 2.75) is 57.2 Å². The summed E-state index contributed by atoms with van der Waals surface area (Å²) in [6.07, 6.45) is 3.93. The number of benzene rings is 1. The van der Waals surface area contributed by atoms with E-state index in [1.165, 1.54) is 7.11 Å². The van der Waals surface area contributed by atoms with Crippen LogP contribution >= 0.6 is 0 Å². The minimum absolute atomic E-state index is 0.0770. The second kappa shape index (κ2) is 7.77. The molecular formula is C21H28N2O3. The predicted octanol–water partition coefficient (Wildman–Crippen LogP) is 3.08. The van der Waals surface area contributed by atoms with Gasteiger partial charge in [-0.3, -0.25) is 4.79 Å². The molecule has 1 N–H and O–H groups in total. The minimum atomic E-state index is -0.427. The van der Waals surface area contributed by atoms with Crippen molar-refractivity contribution in [3.8, 4) is 6.07 Å². The number of hydrogen-bond acceptors (Lipinski definition) is 5. The number of esters is 1. The number of nitrogens with one attached hydrogen (secondary N) is 1. The maximum atomic E-state index is 12.0. The van der Waals surface area contributed by atoms with E-state index in [1.807, 2.05) is 19.1 Å². The van der Waals surface area contributed by atoms with E-state index in [2.05, 4.69) is 23.5 Å². The van der Waals surface area contributed by atoms with Gasteiger partial charge in [0.1, 0.15) is 0 Å². The second-order valence-corrected chi connectivity index (χ2v) is 7.57. The number of rotatable bonds is 6. The summed E-state index contributed by atoms with van der Waals surface area (Å²) >= 11 is 0. The SMILES string of the molecule is CCC1(C(=O)OC)CC(OCc2ccccc2C2(C#N)CCNCC2)C1. The van der Waals surface area contributed by atoms with Gasteiger partial charge in [-0.25, -0.2) is 0 Å². The van der Waals surface area contributed by atoms with Crippen LogP contribution in [0.2, 0.25) is 0 Å². The van der Waals surface area contributed by atoms with E-state index >= 15 is 0 Å². The maximum absolute atomic E-state index is 12.0. The highest BCUT2D eigenvalue weighted by atomic mass is 16.5. The fourth-order valence-corrected chi connectivity index (χ4v) is 4.36. The van der Waals surface area contributed by atoms with Crippen LogP contribution in [0.4, 0.5) is 0 Å². The number of nitrogens with zero attached hydrogens (tertiary/aromatic N) is 1. The lowest BCUT2D eigenvalue weighted by molar-refractivity contribution is -0.172. The molecule has 0 atom stereocenters. The zero-order valence-electron chi connectivity index (χ0n) is 15.7. The first-order valence-corrected chi connectivity index (χ1v) is 9.49. The van der Waals surface area contributed by atoms with Crippen molar-refractivity contribution >= 4 is 5.97 Å². The summed E-state index contributed by atoms with van der Waals surface area (Å²) in [5.74, 6) is -0.126. The van der Waals surface area contributed by atoms with Gasteiger partial charge in [-0.2, -0.15) is 5.26 Å². The van der Waals surface area contributed by atoms with Gasteiger partial charge in [-0.05, 0) is 56.3 Å². The van der Waals surface area contributed by atoms with Crippen molar-refractivity contribution < 1.29 is 14.3 Å². The van der Waals surface area contributed by atoms with Gasteiger partial charge in [0.2, 0.25) is 0 Å². The standard InChI is InChI=1S/C21H28N2O3/c1-3-20(19(24)25-2)12-17(13-20)26-14-16-6-4-5-7-18(16)21(15-22)8-10-23-11-9-21/h4-7,17,23H,3,8-14H2,1-2H3. The smallest absolute Gasteiger partial charge is 0.311 e. The molecular weight excluding hydrogens is 328 g/mol. The Bertz CT molecular complexity index is 683. The molecule has 26 heavy (non-hydrogen) atoms. The van der Waals surface area contributed by atoms with Crippen molar-refractivity contribution in [1.82, 2.24) is 5.32 Å². The first-order valence-electron chi connectivity index (χ1n) is 9.49. The van der Waals surface area contributed by atoms with E-state index in [4.69, 9.17) is 9.47 Å². The highest BCUT2D eigenvalue weighted by Gasteiger charge is 2.50. The van der Waals surface area contributed by atoms with E-state index in [9.17, 15) is 10.1 Å². The molecule has 1 aromatic carbocycles. The number of carbonyl (C=O) groups excluding carboxylic acids is 1. The highest BCUT2D eigenvalue weighted by molar-refractivity contribution is 5.78. The lowest BCUT2D eigenvalue weighted by Crippen LogP contribution is -2.48. The van der Waals surface area contributed by atoms with E-state index in [1.54, 1.807) is 0 Å². The molecule has 1 aliphatic carbocycles. The van der Waals surface area contributed by atoms with E-state index in [0.29, 0.717) is 19.4 Å². The summed E-state index contributed by atoms with van der Waals surface area (Å²) in [5, 5.41) is 13.2. The summed E-state index contributed by atoms with van der Waals surface area (Å²) < 4.78 is 11.1. The van der Waals surface area contributed by atoms with Crippen molar-refractivity contribution in [1.29, 1.82) is 5.26 Å². The van der Waals surface area contributed by atoms with Gasteiger partial charge in [-0.15, -0.1) is 0 Å². The highest BCUT2D eigenvalue weighted by Crippen LogP contribution is 2.47. The Balaban J connectivity index is 1.67. The maximum Gasteiger partial charge on any atom is 0.311 e. The van der Waals surface area contributed by atoms with Crippen LogP contribution in [-0.2, 0) is 26.3 Å². The zero-order valence-corrected chi connectivity index (χ0v) is 15.7. The molecule has 0 spiro atoms. The number of ether oxygens (including phenoxy) is 2. The fourth-order valence-electron chi connectivity index (χ4n) is 4.36. The Morgan fingerprint density at radius 3 is 2.62 bits per heavy atom. The van der Waals surface area contributed by atoms with Crippen molar-refractivity contribution in [3.05, 3.63) is 35.4 Å².